The highest BCUT2D eigenvalue weighted by molar-refractivity contribution is 4.87. The fourth-order valence-corrected chi connectivity index (χ4v) is 2.47. The van der Waals surface area contributed by atoms with E-state index in [1.165, 1.54) is 0 Å². The molecule has 17 heavy (non-hydrogen) atoms. The number of β-amino-alcohol motifs (C(OH)–C–C–N with tert-alkyl or cyclic N) is 1. The molecule has 1 N–H and O–H groups in total. The van der Waals surface area contributed by atoms with E-state index in [1.807, 2.05) is 6.92 Å². The van der Waals surface area contributed by atoms with Crippen molar-refractivity contribution in [3.63, 3.8) is 0 Å². The highest BCUT2D eigenvalue weighted by Gasteiger charge is 2.41. The van der Waals surface area contributed by atoms with Crippen molar-refractivity contribution in [2.75, 3.05) is 32.8 Å². The van der Waals surface area contributed by atoms with Crippen LogP contribution >= 0.6 is 0 Å². The normalized spacial score (nSPS) is 28.8. The molecule has 2 fully saturated rings. The van der Waals surface area contributed by atoms with Gasteiger partial charge >= 0.3 is 0 Å². The minimum Gasteiger partial charge on any atom is -0.389 e. The summed E-state index contributed by atoms with van der Waals surface area (Å²) in [6.45, 7) is 10.1. The Balaban J connectivity index is 1.83. The lowest BCUT2D eigenvalue weighted by atomic mass is 9.91. The van der Waals surface area contributed by atoms with Gasteiger partial charge < -0.3 is 19.5 Å². The molecule has 0 aromatic carbocycles. The summed E-state index contributed by atoms with van der Waals surface area (Å²) in [6.07, 6.45) is 1.84. The lowest BCUT2D eigenvalue weighted by Crippen LogP contribution is -2.51. The number of hydrogen-bond acceptors (Lipinski definition) is 4. The van der Waals surface area contributed by atoms with Gasteiger partial charge in [-0.15, -0.1) is 0 Å². The smallest absolute Gasteiger partial charge is 0.170 e. The Morgan fingerprint density at radius 2 is 1.76 bits per heavy atom. The fraction of sp³-hybridized carbons (Fsp3) is 1.00. The molecule has 0 amide bonds. The third-order valence-electron chi connectivity index (χ3n) is 4.22. The van der Waals surface area contributed by atoms with Crippen molar-refractivity contribution >= 4 is 0 Å². The second-order valence-electron chi connectivity index (χ2n) is 5.90. The molecule has 0 aliphatic carbocycles. The van der Waals surface area contributed by atoms with Gasteiger partial charge in [0.2, 0.25) is 0 Å². The zero-order chi connectivity index (χ0) is 12.5. The standard InChI is InChI=1S/C13H25NO3/c1-11(2)12(3,15)10-14-6-4-13(5-7-14)16-8-9-17-13/h11,15H,4-10H2,1-3H3. The molecule has 0 bridgehead atoms. The zero-order valence-corrected chi connectivity index (χ0v) is 11.2. The molecule has 100 valence electrons. The number of nitrogens with zero attached hydrogens (tertiary/aromatic N) is 1. The minimum absolute atomic E-state index is 0.275. The van der Waals surface area contributed by atoms with E-state index in [2.05, 4.69) is 18.7 Å². The van der Waals surface area contributed by atoms with Crippen LogP contribution in [0, 0.1) is 5.92 Å². The fourth-order valence-electron chi connectivity index (χ4n) is 2.47. The highest BCUT2D eigenvalue weighted by atomic mass is 16.7. The van der Waals surface area contributed by atoms with Crippen molar-refractivity contribution in [1.29, 1.82) is 0 Å². The van der Waals surface area contributed by atoms with Crippen LogP contribution in [0.3, 0.4) is 0 Å². The van der Waals surface area contributed by atoms with Gasteiger partial charge in [-0.2, -0.15) is 0 Å². The van der Waals surface area contributed by atoms with E-state index >= 15 is 0 Å². The summed E-state index contributed by atoms with van der Waals surface area (Å²) in [5.74, 6) is -0.0300. The Hall–Kier alpha value is -0.160. The molecular formula is C13H25NO3. The first-order valence-electron chi connectivity index (χ1n) is 6.66. The topological polar surface area (TPSA) is 41.9 Å². The van der Waals surface area contributed by atoms with Crippen LogP contribution in [-0.2, 0) is 9.47 Å². The quantitative estimate of drug-likeness (QED) is 0.809. The van der Waals surface area contributed by atoms with Gasteiger partial charge in [-0.3, -0.25) is 0 Å². The molecule has 2 rings (SSSR count). The lowest BCUT2D eigenvalue weighted by Gasteiger charge is -2.41. The third-order valence-corrected chi connectivity index (χ3v) is 4.22. The number of aliphatic hydroxyl groups is 1. The van der Waals surface area contributed by atoms with Crippen molar-refractivity contribution in [2.45, 2.75) is 45.0 Å². The van der Waals surface area contributed by atoms with E-state index < -0.39 is 5.60 Å². The second-order valence-corrected chi connectivity index (χ2v) is 5.90. The molecule has 2 heterocycles. The van der Waals surface area contributed by atoms with Crippen molar-refractivity contribution in [2.24, 2.45) is 5.92 Å². The molecule has 1 spiro atoms. The maximum Gasteiger partial charge on any atom is 0.170 e. The van der Waals surface area contributed by atoms with Crippen LogP contribution in [0.4, 0.5) is 0 Å². The van der Waals surface area contributed by atoms with Crippen LogP contribution in [0.25, 0.3) is 0 Å². The van der Waals surface area contributed by atoms with Gasteiger partial charge in [0.05, 0.1) is 18.8 Å². The van der Waals surface area contributed by atoms with Crippen molar-refractivity contribution in [3.05, 3.63) is 0 Å². The Bertz CT molecular complexity index is 249. The molecular weight excluding hydrogens is 218 g/mol. The summed E-state index contributed by atoms with van der Waals surface area (Å²) >= 11 is 0. The van der Waals surface area contributed by atoms with Crippen LogP contribution in [0.5, 0.6) is 0 Å². The van der Waals surface area contributed by atoms with Crippen LogP contribution in [0.2, 0.25) is 0 Å². The lowest BCUT2D eigenvalue weighted by molar-refractivity contribution is -0.188. The summed E-state index contributed by atoms with van der Waals surface area (Å²) in [5.41, 5.74) is -0.609. The van der Waals surface area contributed by atoms with E-state index in [-0.39, 0.29) is 11.7 Å². The molecule has 1 atom stereocenters. The van der Waals surface area contributed by atoms with Crippen LogP contribution in [0.1, 0.15) is 33.6 Å². The van der Waals surface area contributed by atoms with E-state index in [1.54, 1.807) is 0 Å². The van der Waals surface area contributed by atoms with Crippen LogP contribution < -0.4 is 0 Å². The average molecular weight is 243 g/mol. The van der Waals surface area contributed by atoms with Gasteiger partial charge in [0, 0.05) is 32.5 Å². The van der Waals surface area contributed by atoms with Crippen LogP contribution in [-0.4, -0.2) is 54.2 Å². The van der Waals surface area contributed by atoms with Gasteiger partial charge in [-0.05, 0) is 12.8 Å². The second kappa shape index (κ2) is 4.84. The SMILES string of the molecule is CC(C)C(C)(O)CN1CCC2(CC1)OCCO2. The average Bonchev–Trinajstić information content (AvgIpc) is 2.70. The first-order valence-corrected chi connectivity index (χ1v) is 6.66. The highest BCUT2D eigenvalue weighted by Crippen LogP contribution is 2.32. The molecule has 0 radical (unpaired) electrons. The summed E-state index contributed by atoms with van der Waals surface area (Å²) in [7, 11) is 0. The van der Waals surface area contributed by atoms with Gasteiger partial charge in [-0.1, -0.05) is 13.8 Å². The predicted molar refractivity (Wildman–Crippen MR) is 65.8 cm³/mol. The predicted octanol–water partition coefficient (Wildman–Crippen LogP) is 1.23. The Morgan fingerprint density at radius 3 is 2.24 bits per heavy atom. The summed E-state index contributed by atoms with van der Waals surface area (Å²) in [6, 6.07) is 0. The summed E-state index contributed by atoms with van der Waals surface area (Å²) in [4.78, 5) is 2.32. The first-order chi connectivity index (χ1) is 7.94. The zero-order valence-electron chi connectivity index (χ0n) is 11.2. The molecule has 4 heteroatoms. The van der Waals surface area contributed by atoms with Gasteiger partial charge in [0.15, 0.2) is 5.79 Å². The number of ether oxygens (including phenoxy) is 2. The molecule has 2 aliphatic heterocycles. The van der Waals surface area contributed by atoms with Gasteiger partial charge in [0.1, 0.15) is 0 Å². The molecule has 0 aromatic heterocycles. The maximum absolute atomic E-state index is 10.3. The van der Waals surface area contributed by atoms with Crippen molar-refractivity contribution < 1.29 is 14.6 Å². The monoisotopic (exact) mass is 243 g/mol. The summed E-state index contributed by atoms with van der Waals surface area (Å²) in [5, 5.41) is 10.3. The minimum atomic E-state index is -0.609. The first kappa shape index (κ1) is 13.3. The number of hydrogen-bond donors (Lipinski definition) is 1. The van der Waals surface area contributed by atoms with Crippen LogP contribution in [0.15, 0.2) is 0 Å². The number of piperidine rings is 1. The van der Waals surface area contributed by atoms with E-state index in [0.29, 0.717) is 0 Å². The number of rotatable bonds is 3. The van der Waals surface area contributed by atoms with E-state index in [0.717, 1.165) is 45.7 Å². The third kappa shape index (κ3) is 2.99. The number of likely N-dealkylation sites (tertiary alicyclic amines) is 1. The molecule has 1 unspecified atom stereocenters. The molecule has 4 nitrogen and oxygen atoms in total. The summed E-state index contributed by atoms with van der Waals surface area (Å²) < 4.78 is 11.4. The maximum atomic E-state index is 10.3. The van der Waals surface area contributed by atoms with E-state index in [9.17, 15) is 5.11 Å². The molecule has 0 aromatic rings. The Labute approximate surface area is 104 Å². The molecule has 2 saturated heterocycles. The van der Waals surface area contributed by atoms with E-state index in [4.69, 9.17) is 9.47 Å². The van der Waals surface area contributed by atoms with Crippen molar-refractivity contribution in [3.8, 4) is 0 Å². The largest absolute Gasteiger partial charge is 0.389 e. The van der Waals surface area contributed by atoms with Gasteiger partial charge in [-0.25, -0.2) is 0 Å². The Kier molecular flexibility index (Phi) is 3.78. The molecule has 2 aliphatic rings. The van der Waals surface area contributed by atoms with Crippen molar-refractivity contribution in [1.82, 2.24) is 4.90 Å². The van der Waals surface area contributed by atoms with Gasteiger partial charge in [0.25, 0.3) is 0 Å². The Morgan fingerprint density at radius 1 is 1.24 bits per heavy atom. The molecule has 0 saturated carbocycles.